The normalized spacial score (nSPS) is 11.5. The second-order valence-electron chi connectivity index (χ2n) is 10.1. The molecule has 0 aliphatic rings. The highest BCUT2D eigenvalue weighted by molar-refractivity contribution is 7.25. The molecule has 188 valence electrons. The molecule has 2 aromatic heterocycles. The molecule has 0 unspecified atom stereocenters. The number of aromatic nitrogens is 2. The zero-order valence-electron chi connectivity index (χ0n) is 21.7. The maximum Gasteiger partial charge on any atom is 0.145 e. The lowest BCUT2D eigenvalue weighted by molar-refractivity contribution is 1.10. The predicted molar refractivity (Wildman–Crippen MR) is 170 cm³/mol. The van der Waals surface area contributed by atoms with Crippen LogP contribution in [0, 0.1) is 0 Å². The number of fused-ring (bicyclic) bond motifs is 4. The lowest BCUT2D eigenvalue weighted by Gasteiger charge is -2.12. The smallest absolute Gasteiger partial charge is 0.145 e. The van der Waals surface area contributed by atoms with Crippen molar-refractivity contribution in [3.8, 4) is 39.3 Å². The minimum atomic E-state index is 0.952. The molecule has 0 saturated carbocycles. The largest absolute Gasteiger partial charge is 0.292 e. The van der Waals surface area contributed by atoms with Gasteiger partial charge in [0, 0.05) is 31.4 Å². The number of rotatable bonds is 4. The van der Waals surface area contributed by atoms with Gasteiger partial charge in [-0.05, 0) is 70.8 Å². The molecule has 2 heterocycles. The first-order valence-corrected chi connectivity index (χ1v) is 14.3. The number of thiophene rings is 1. The van der Waals surface area contributed by atoms with Gasteiger partial charge in [0.2, 0.25) is 0 Å². The Labute approximate surface area is 236 Å². The van der Waals surface area contributed by atoms with Gasteiger partial charge in [-0.15, -0.1) is 11.3 Å². The molecule has 2 nitrogen and oxygen atoms in total. The summed E-state index contributed by atoms with van der Waals surface area (Å²) < 4.78 is 4.89. The van der Waals surface area contributed by atoms with Gasteiger partial charge in [0.1, 0.15) is 5.82 Å². The summed E-state index contributed by atoms with van der Waals surface area (Å²) >= 11 is 1.85. The van der Waals surface area contributed by atoms with Gasteiger partial charge in [-0.3, -0.25) is 4.57 Å². The second-order valence-corrected chi connectivity index (χ2v) is 11.1. The van der Waals surface area contributed by atoms with E-state index < -0.39 is 0 Å². The Kier molecular flexibility index (Phi) is 5.35. The summed E-state index contributed by atoms with van der Waals surface area (Å²) in [5.41, 5.74) is 9.20. The number of nitrogens with zero attached hydrogens (tertiary/aromatic N) is 2. The van der Waals surface area contributed by atoms with E-state index in [1.807, 2.05) is 11.3 Å². The van der Waals surface area contributed by atoms with Crippen molar-refractivity contribution < 1.29 is 0 Å². The second kappa shape index (κ2) is 9.33. The predicted octanol–water partition coefficient (Wildman–Crippen LogP) is 10.4. The summed E-state index contributed by atoms with van der Waals surface area (Å²) in [6.07, 6.45) is 0. The maximum absolute atomic E-state index is 5.15. The molecular weight excluding hydrogens is 504 g/mol. The van der Waals surface area contributed by atoms with Crippen LogP contribution in [0.15, 0.2) is 146 Å². The van der Waals surface area contributed by atoms with E-state index in [1.54, 1.807) is 0 Å². The van der Waals surface area contributed by atoms with Crippen LogP contribution in [0.2, 0.25) is 0 Å². The molecular formula is C37H24N2S. The molecule has 6 aromatic carbocycles. The average Bonchev–Trinajstić information content (AvgIpc) is 3.60. The van der Waals surface area contributed by atoms with Gasteiger partial charge in [0.15, 0.2) is 0 Å². The van der Waals surface area contributed by atoms with E-state index in [9.17, 15) is 0 Å². The Morgan fingerprint density at radius 3 is 1.93 bits per heavy atom. The third kappa shape index (κ3) is 3.83. The van der Waals surface area contributed by atoms with Crippen LogP contribution in [0.4, 0.5) is 0 Å². The van der Waals surface area contributed by atoms with Gasteiger partial charge < -0.3 is 0 Å². The molecule has 8 aromatic rings. The van der Waals surface area contributed by atoms with Gasteiger partial charge in [0.25, 0.3) is 0 Å². The molecule has 40 heavy (non-hydrogen) atoms. The molecule has 3 heteroatoms. The molecule has 8 rings (SSSR count). The molecule has 0 bridgehead atoms. The van der Waals surface area contributed by atoms with Crippen molar-refractivity contribution in [3.63, 3.8) is 0 Å². The van der Waals surface area contributed by atoms with E-state index in [4.69, 9.17) is 4.98 Å². The quantitative estimate of drug-likeness (QED) is 0.222. The lowest BCUT2D eigenvalue weighted by Crippen LogP contribution is -1.98. The monoisotopic (exact) mass is 528 g/mol. The third-order valence-electron chi connectivity index (χ3n) is 7.61. The van der Waals surface area contributed by atoms with Crippen molar-refractivity contribution in [1.82, 2.24) is 9.55 Å². The first-order chi connectivity index (χ1) is 19.8. The fourth-order valence-electron chi connectivity index (χ4n) is 5.66. The molecule has 0 aliphatic heterocycles. The van der Waals surface area contributed by atoms with E-state index in [1.165, 1.54) is 42.4 Å². The molecule has 0 fully saturated rings. The highest BCUT2D eigenvalue weighted by Gasteiger charge is 2.16. The van der Waals surface area contributed by atoms with Crippen LogP contribution in [0.3, 0.4) is 0 Å². The van der Waals surface area contributed by atoms with Gasteiger partial charge >= 0.3 is 0 Å². The number of benzene rings is 6. The minimum absolute atomic E-state index is 0.952. The number of hydrogen-bond donors (Lipinski definition) is 0. The van der Waals surface area contributed by atoms with Crippen LogP contribution in [0.25, 0.3) is 70.5 Å². The average molecular weight is 529 g/mol. The summed E-state index contributed by atoms with van der Waals surface area (Å²) in [4.78, 5) is 5.15. The highest BCUT2D eigenvalue weighted by atomic mass is 32.1. The zero-order valence-corrected chi connectivity index (χ0v) is 22.5. The highest BCUT2D eigenvalue weighted by Crippen LogP contribution is 2.39. The van der Waals surface area contributed by atoms with Crippen LogP contribution in [-0.4, -0.2) is 9.55 Å². The van der Waals surface area contributed by atoms with Gasteiger partial charge in [0.05, 0.1) is 11.0 Å². The maximum atomic E-state index is 5.15. The summed E-state index contributed by atoms with van der Waals surface area (Å²) in [6, 6.07) is 51.9. The van der Waals surface area contributed by atoms with Gasteiger partial charge in [-0.1, -0.05) is 97.1 Å². The van der Waals surface area contributed by atoms with Crippen LogP contribution in [0.1, 0.15) is 0 Å². The van der Waals surface area contributed by atoms with E-state index in [0.29, 0.717) is 0 Å². The number of hydrogen-bond acceptors (Lipinski definition) is 2. The summed E-state index contributed by atoms with van der Waals surface area (Å²) in [5.74, 6) is 0.952. The molecule has 0 aliphatic carbocycles. The van der Waals surface area contributed by atoms with Crippen molar-refractivity contribution in [2.24, 2.45) is 0 Å². The number of para-hydroxylation sites is 2. The van der Waals surface area contributed by atoms with Crippen molar-refractivity contribution >= 4 is 42.5 Å². The van der Waals surface area contributed by atoms with E-state index in [0.717, 1.165) is 28.1 Å². The summed E-state index contributed by atoms with van der Waals surface area (Å²) in [7, 11) is 0. The zero-order chi connectivity index (χ0) is 26.5. The van der Waals surface area contributed by atoms with E-state index in [-0.39, 0.29) is 0 Å². The van der Waals surface area contributed by atoms with Gasteiger partial charge in [-0.2, -0.15) is 0 Å². The number of imidazole rings is 1. The van der Waals surface area contributed by atoms with Crippen LogP contribution in [0.5, 0.6) is 0 Å². The Morgan fingerprint density at radius 1 is 0.450 bits per heavy atom. The Morgan fingerprint density at radius 2 is 1.12 bits per heavy atom. The topological polar surface area (TPSA) is 17.8 Å². The molecule has 0 N–H and O–H groups in total. The Hall–Kier alpha value is -4.99. The van der Waals surface area contributed by atoms with Crippen LogP contribution >= 0.6 is 11.3 Å². The fraction of sp³-hybridized carbons (Fsp3) is 0. The van der Waals surface area contributed by atoms with E-state index in [2.05, 4.69) is 150 Å². The molecule has 0 radical (unpaired) electrons. The first-order valence-electron chi connectivity index (χ1n) is 13.5. The fourth-order valence-corrected chi connectivity index (χ4v) is 6.79. The first kappa shape index (κ1) is 22.9. The summed E-state index contributed by atoms with van der Waals surface area (Å²) in [5, 5.41) is 2.56. The standard InChI is InChI=1S/C37H24N2S/c1-3-10-25(11-4-1)27-14-9-15-30(22-27)39-34-17-8-7-16-33(34)38-37(39)29-19-21-35-32(23-29)31-20-18-28(24-36(31)40-35)26-12-5-2-6-13-26/h1-24H. The Bertz CT molecular complexity index is 2150. The molecule has 0 atom stereocenters. The molecule has 0 amide bonds. The SMILES string of the molecule is c1ccc(-c2cccc(-n3c(-c4ccc5sc6cc(-c7ccccc7)ccc6c5c4)nc4ccccc43)c2)cc1. The van der Waals surface area contributed by atoms with Crippen LogP contribution in [-0.2, 0) is 0 Å². The van der Waals surface area contributed by atoms with Crippen molar-refractivity contribution in [2.45, 2.75) is 0 Å². The summed E-state index contributed by atoms with van der Waals surface area (Å²) in [6.45, 7) is 0. The minimum Gasteiger partial charge on any atom is -0.292 e. The third-order valence-corrected chi connectivity index (χ3v) is 8.74. The van der Waals surface area contributed by atoms with Crippen LogP contribution < -0.4 is 0 Å². The Balaban J connectivity index is 1.30. The molecule has 0 spiro atoms. The molecule has 0 saturated heterocycles. The lowest BCUT2D eigenvalue weighted by atomic mass is 10.0. The van der Waals surface area contributed by atoms with Crippen molar-refractivity contribution in [2.75, 3.05) is 0 Å². The van der Waals surface area contributed by atoms with E-state index >= 15 is 0 Å². The van der Waals surface area contributed by atoms with Crippen molar-refractivity contribution in [3.05, 3.63) is 146 Å². The van der Waals surface area contributed by atoms with Crippen molar-refractivity contribution in [1.29, 1.82) is 0 Å². The van der Waals surface area contributed by atoms with Gasteiger partial charge in [-0.25, -0.2) is 4.98 Å².